The lowest BCUT2D eigenvalue weighted by Crippen LogP contribution is -2.43. The summed E-state index contributed by atoms with van der Waals surface area (Å²) < 4.78 is 0. The molecule has 0 aliphatic carbocycles. The SMILES string of the molecule is C[C@H](O)C(=O)O.Cc1ccc(Sc2ccccc2N2CCNCC2)c(C)c1. The number of carboxylic acid groups (broad SMARTS) is 1. The van der Waals surface area contributed by atoms with Gasteiger partial charge in [-0.2, -0.15) is 0 Å². The van der Waals surface area contributed by atoms with Gasteiger partial charge in [0.15, 0.2) is 0 Å². The lowest BCUT2D eigenvalue weighted by atomic mass is 10.2. The van der Waals surface area contributed by atoms with Gasteiger partial charge in [0.25, 0.3) is 0 Å². The van der Waals surface area contributed by atoms with E-state index in [0.717, 1.165) is 26.2 Å². The van der Waals surface area contributed by atoms with E-state index in [-0.39, 0.29) is 0 Å². The van der Waals surface area contributed by atoms with Crippen LogP contribution >= 0.6 is 11.8 Å². The van der Waals surface area contributed by atoms with E-state index < -0.39 is 12.1 Å². The van der Waals surface area contributed by atoms with Crippen LogP contribution in [0.5, 0.6) is 0 Å². The Hall–Kier alpha value is -2.02. The molecule has 0 saturated carbocycles. The number of hydrogen-bond acceptors (Lipinski definition) is 5. The Morgan fingerprint density at radius 2 is 1.74 bits per heavy atom. The number of carboxylic acids is 1. The first-order valence-corrected chi connectivity index (χ1v) is 9.91. The van der Waals surface area contributed by atoms with Gasteiger partial charge in [-0.05, 0) is 44.5 Å². The van der Waals surface area contributed by atoms with Gasteiger partial charge in [0, 0.05) is 36.0 Å². The Labute approximate surface area is 165 Å². The Balaban J connectivity index is 0.000000380. The van der Waals surface area contributed by atoms with Crippen molar-refractivity contribution in [3.8, 4) is 0 Å². The summed E-state index contributed by atoms with van der Waals surface area (Å²) in [5, 5.41) is 19.2. The van der Waals surface area contributed by atoms with Crippen molar-refractivity contribution in [2.24, 2.45) is 0 Å². The number of rotatable bonds is 4. The fourth-order valence-corrected chi connectivity index (χ4v) is 3.78. The van der Waals surface area contributed by atoms with Crippen LogP contribution in [0.15, 0.2) is 52.3 Å². The zero-order valence-corrected chi connectivity index (χ0v) is 16.9. The van der Waals surface area contributed by atoms with E-state index in [0.29, 0.717) is 0 Å². The van der Waals surface area contributed by atoms with Gasteiger partial charge in [-0.1, -0.05) is 41.6 Å². The topological polar surface area (TPSA) is 72.8 Å². The van der Waals surface area contributed by atoms with Crippen LogP contribution in [0.1, 0.15) is 18.1 Å². The van der Waals surface area contributed by atoms with Gasteiger partial charge in [0.05, 0.1) is 5.69 Å². The molecule has 1 aliphatic rings. The summed E-state index contributed by atoms with van der Waals surface area (Å²) in [5.74, 6) is -1.19. The first kappa shape index (κ1) is 21.3. The maximum Gasteiger partial charge on any atom is 0.332 e. The zero-order chi connectivity index (χ0) is 19.8. The van der Waals surface area contributed by atoms with E-state index in [9.17, 15) is 4.79 Å². The third-order valence-corrected chi connectivity index (χ3v) is 5.47. The maximum atomic E-state index is 9.45. The number of aliphatic hydroxyl groups is 1. The van der Waals surface area contributed by atoms with Gasteiger partial charge in [0.2, 0.25) is 0 Å². The van der Waals surface area contributed by atoms with E-state index >= 15 is 0 Å². The molecule has 0 spiro atoms. The normalized spacial score (nSPS) is 14.9. The molecule has 6 heteroatoms. The molecule has 27 heavy (non-hydrogen) atoms. The molecule has 0 unspecified atom stereocenters. The maximum absolute atomic E-state index is 9.45. The van der Waals surface area contributed by atoms with Gasteiger partial charge >= 0.3 is 5.97 Å². The van der Waals surface area contributed by atoms with Crippen LogP contribution in [0, 0.1) is 13.8 Å². The summed E-state index contributed by atoms with van der Waals surface area (Å²) in [6, 6.07) is 15.5. The number of benzene rings is 2. The highest BCUT2D eigenvalue weighted by Crippen LogP contribution is 2.37. The summed E-state index contributed by atoms with van der Waals surface area (Å²) in [4.78, 5) is 14.6. The van der Waals surface area contributed by atoms with E-state index in [2.05, 4.69) is 66.5 Å². The van der Waals surface area contributed by atoms with Crippen molar-refractivity contribution in [2.75, 3.05) is 31.1 Å². The van der Waals surface area contributed by atoms with E-state index in [4.69, 9.17) is 10.2 Å². The van der Waals surface area contributed by atoms with Gasteiger partial charge in [-0.25, -0.2) is 4.79 Å². The monoisotopic (exact) mass is 388 g/mol. The molecule has 2 aromatic rings. The van der Waals surface area contributed by atoms with Gasteiger partial charge < -0.3 is 20.4 Å². The Kier molecular flexibility index (Phi) is 8.16. The van der Waals surface area contributed by atoms with Crippen LogP contribution in [0.4, 0.5) is 5.69 Å². The molecule has 2 aromatic carbocycles. The Morgan fingerprint density at radius 1 is 1.11 bits per heavy atom. The third-order valence-electron chi connectivity index (χ3n) is 4.23. The molecule has 0 amide bonds. The Bertz CT molecular complexity index is 759. The van der Waals surface area contributed by atoms with Gasteiger partial charge in [-0.3, -0.25) is 0 Å². The van der Waals surface area contributed by atoms with Gasteiger partial charge in [0.1, 0.15) is 6.10 Å². The number of aliphatic carboxylic acids is 1. The minimum Gasteiger partial charge on any atom is -0.479 e. The summed E-state index contributed by atoms with van der Waals surface area (Å²) in [5.41, 5.74) is 4.05. The first-order chi connectivity index (χ1) is 12.9. The van der Waals surface area contributed by atoms with Crippen LogP contribution in [0.3, 0.4) is 0 Å². The predicted octanol–water partition coefficient (Wildman–Crippen LogP) is 3.32. The summed E-state index contributed by atoms with van der Waals surface area (Å²) in [6.45, 7) is 9.86. The lowest BCUT2D eigenvalue weighted by Gasteiger charge is -2.31. The number of piperazine rings is 1. The van der Waals surface area contributed by atoms with Crippen molar-refractivity contribution in [3.05, 3.63) is 53.6 Å². The molecule has 0 aromatic heterocycles. The molecule has 5 nitrogen and oxygen atoms in total. The molecule has 1 heterocycles. The molecule has 1 saturated heterocycles. The summed E-state index contributed by atoms with van der Waals surface area (Å²) >= 11 is 1.88. The van der Waals surface area contributed by atoms with Crippen LogP contribution in [-0.2, 0) is 4.79 Å². The Morgan fingerprint density at radius 3 is 2.33 bits per heavy atom. The average Bonchev–Trinajstić information content (AvgIpc) is 2.65. The second-order valence-electron chi connectivity index (χ2n) is 6.59. The van der Waals surface area contributed by atoms with Crippen LogP contribution in [0.25, 0.3) is 0 Å². The number of aliphatic hydroxyl groups excluding tert-OH is 1. The molecular weight excluding hydrogens is 360 g/mol. The van der Waals surface area contributed by atoms with Gasteiger partial charge in [-0.15, -0.1) is 0 Å². The molecule has 3 N–H and O–H groups in total. The van der Waals surface area contributed by atoms with Crippen LogP contribution in [-0.4, -0.2) is 48.5 Å². The number of para-hydroxylation sites is 1. The minimum atomic E-state index is -1.23. The highest BCUT2D eigenvalue weighted by molar-refractivity contribution is 7.99. The van der Waals surface area contributed by atoms with E-state index in [1.807, 2.05) is 11.8 Å². The quantitative estimate of drug-likeness (QED) is 0.746. The van der Waals surface area contributed by atoms with Crippen LogP contribution in [0.2, 0.25) is 0 Å². The second kappa shape index (κ2) is 10.3. The predicted molar refractivity (Wildman–Crippen MR) is 111 cm³/mol. The van der Waals surface area contributed by atoms with Crippen LogP contribution < -0.4 is 10.2 Å². The smallest absolute Gasteiger partial charge is 0.332 e. The number of carbonyl (C=O) groups is 1. The fraction of sp³-hybridized carbons (Fsp3) is 0.381. The number of hydrogen-bond donors (Lipinski definition) is 3. The summed E-state index contributed by atoms with van der Waals surface area (Å²) in [7, 11) is 0. The number of anilines is 1. The third kappa shape index (κ3) is 6.57. The average molecular weight is 389 g/mol. The molecule has 146 valence electrons. The molecule has 1 aliphatic heterocycles. The molecular formula is C21H28N2O3S. The van der Waals surface area contributed by atoms with Crippen molar-refractivity contribution >= 4 is 23.4 Å². The van der Waals surface area contributed by atoms with Crippen molar-refractivity contribution in [3.63, 3.8) is 0 Å². The molecule has 3 rings (SSSR count). The minimum absolute atomic E-state index is 1.07. The molecule has 1 atom stereocenters. The standard InChI is InChI=1S/C18H22N2S.C3H6O3/c1-14-7-8-17(15(2)13-14)21-18-6-4-3-5-16(18)20-11-9-19-10-12-20;1-2(4)3(5)6/h3-8,13,19H,9-12H2,1-2H3;2,4H,1H3,(H,5,6)/t;2-/m.0/s1. The summed E-state index contributed by atoms with van der Waals surface area (Å²) in [6.07, 6.45) is -1.23. The van der Waals surface area contributed by atoms with Crippen molar-refractivity contribution in [2.45, 2.75) is 36.7 Å². The second-order valence-corrected chi connectivity index (χ2v) is 7.67. The van der Waals surface area contributed by atoms with E-state index in [1.54, 1.807) is 0 Å². The number of aryl methyl sites for hydroxylation is 2. The largest absolute Gasteiger partial charge is 0.479 e. The van der Waals surface area contributed by atoms with Crippen molar-refractivity contribution in [1.29, 1.82) is 0 Å². The highest BCUT2D eigenvalue weighted by atomic mass is 32.2. The number of nitrogens with one attached hydrogen (secondary N) is 1. The lowest BCUT2D eigenvalue weighted by molar-refractivity contribution is -0.145. The molecule has 1 fully saturated rings. The fourth-order valence-electron chi connectivity index (χ4n) is 2.74. The first-order valence-electron chi connectivity index (χ1n) is 9.09. The van der Waals surface area contributed by atoms with E-state index in [1.165, 1.54) is 33.5 Å². The molecule has 0 bridgehead atoms. The molecule has 0 radical (unpaired) electrons. The van der Waals surface area contributed by atoms with Crippen molar-refractivity contribution in [1.82, 2.24) is 5.32 Å². The highest BCUT2D eigenvalue weighted by Gasteiger charge is 2.14. The number of nitrogens with zero attached hydrogens (tertiary/aromatic N) is 1. The zero-order valence-electron chi connectivity index (χ0n) is 16.1. The van der Waals surface area contributed by atoms with Crippen molar-refractivity contribution < 1.29 is 15.0 Å².